The number of aromatic nitrogens is 2. The molecule has 0 aliphatic carbocycles. The number of halogens is 2. The lowest BCUT2D eigenvalue weighted by molar-refractivity contribution is 0.247. The summed E-state index contributed by atoms with van der Waals surface area (Å²) in [4.78, 5) is 13.1. The number of piperazine rings is 1. The Labute approximate surface area is 134 Å². The van der Waals surface area contributed by atoms with E-state index in [1.54, 1.807) is 12.4 Å². The molecule has 21 heavy (non-hydrogen) atoms. The number of benzene rings is 1. The van der Waals surface area contributed by atoms with Gasteiger partial charge < -0.3 is 4.90 Å². The summed E-state index contributed by atoms with van der Waals surface area (Å²) < 4.78 is 0. The van der Waals surface area contributed by atoms with Gasteiger partial charge in [0, 0.05) is 43.4 Å². The average molecular weight is 323 g/mol. The monoisotopic (exact) mass is 322 g/mol. The highest BCUT2D eigenvalue weighted by Gasteiger charge is 2.17. The first-order valence-electron chi connectivity index (χ1n) is 6.90. The molecule has 1 aromatic heterocycles. The largest absolute Gasteiger partial charge is 0.369 e. The van der Waals surface area contributed by atoms with Gasteiger partial charge in [-0.3, -0.25) is 9.88 Å². The van der Waals surface area contributed by atoms with Gasteiger partial charge in [0.05, 0.1) is 18.1 Å². The summed E-state index contributed by atoms with van der Waals surface area (Å²) in [5.41, 5.74) is 2.14. The van der Waals surface area contributed by atoms with E-state index in [1.165, 1.54) is 5.69 Å². The smallest absolute Gasteiger partial charge is 0.147 e. The second kappa shape index (κ2) is 6.60. The molecule has 2 aromatic rings. The van der Waals surface area contributed by atoms with Crippen LogP contribution in [0.2, 0.25) is 10.2 Å². The Morgan fingerprint density at radius 2 is 1.81 bits per heavy atom. The lowest BCUT2D eigenvalue weighted by Gasteiger charge is -2.36. The molecule has 0 N–H and O–H groups in total. The van der Waals surface area contributed by atoms with E-state index in [0.717, 1.165) is 43.4 Å². The fourth-order valence-corrected chi connectivity index (χ4v) is 2.77. The van der Waals surface area contributed by atoms with E-state index in [-0.39, 0.29) is 0 Å². The first-order valence-corrected chi connectivity index (χ1v) is 7.65. The molecule has 3 rings (SSSR count). The van der Waals surface area contributed by atoms with Crippen LogP contribution in [0.3, 0.4) is 0 Å². The third-order valence-electron chi connectivity index (χ3n) is 3.61. The summed E-state index contributed by atoms with van der Waals surface area (Å²) in [5.74, 6) is 0. The molecule has 1 aliphatic rings. The van der Waals surface area contributed by atoms with Crippen molar-refractivity contribution >= 4 is 28.9 Å². The minimum atomic E-state index is 0.435. The van der Waals surface area contributed by atoms with Crippen LogP contribution in [-0.4, -0.2) is 41.0 Å². The van der Waals surface area contributed by atoms with Gasteiger partial charge in [0.2, 0.25) is 0 Å². The summed E-state index contributed by atoms with van der Waals surface area (Å²) in [6.07, 6.45) is 3.34. The van der Waals surface area contributed by atoms with Gasteiger partial charge in [0.15, 0.2) is 0 Å². The summed E-state index contributed by atoms with van der Waals surface area (Å²) in [6, 6.07) is 8.02. The molecule has 110 valence electrons. The molecule has 0 atom stereocenters. The van der Waals surface area contributed by atoms with Gasteiger partial charge in [0.25, 0.3) is 0 Å². The van der Waals surface area contributed by atoms with Crippen molar-refractivity contribution in [1.82, 2.24) is 14.9 Å². The molecule has 1 aliphatic heterocycles. The maximum Gasteiger partial charge on any atom is 0.147 e. The van der Waals surface area contributed by atoms with E-state index >= 15 is 0 Å². The van der Waals surface area contributed by atoms with E-state index in [4.69, 9.17) is 23.2 Å². The van der Waals surface area contributed by atoms with Crippen molar-refractivity contribution in [2.75, 3.05) is 31.1 Å². The van der Waals surface area contributed by atoms with Gasteiger partial charge in [-0.2, -0.15) is 0 Å². The molecule has 0 spiro atoms. The molecular weight excluding hydrogens is 307 g/mol. The van der Waals surface area contributed by atoms with Gasteiger partial charge >= 0.3 is 0 Å². The van der Waals surface area contributed by atoms with Crippen LogP contribution >= 0.6 is 23.2 Å². The highest BCUT2D eigenvalue weighted by atomic mass is 35.5. The van der Waals surface area contributed by atoms with E-state index in [9.17, 15) is 0 Å². The van der Waals surface area contributed by atoms with E-state index in [2.05, 4.69) is 25.8 Å². The Morgan fingerprint density at radius 1 is 1.00 bits per heavy atom. The van der Waals surface area contributed by atoms with Crippen molar-refractivity contribution in [2.45, 2.75) is 6.54 Å². The first kappa shape index (κ1) is 14.6. The maximum atomic E-state index is 6.05. The number of hydrogen-bond acceptors (Lipinski definition) is 4. The highest BCUT2D eigenvalue weighted by Crippen LogP contribution is 2.21. The fourth-order valence-electron chi connectivity index (χ4n) is 2.49. The Hall–Kier alpha value is -1.36. The summed E-state index contributed by atoms with van der Waals surface area (Å²) in [5, 5.41) is 1.22. The lowest BCUT2D eigenvalue weighted by Crippen LogP contribution is -2.46. The molecule has 4 nitrogen and oxygen atoms in total. The lowest BCUT2D eigenvalue weighted by atomic mass is 10.2. The Bertz CT molecular complexity index is 595. The van der Waals surface area contributed by atoms with Gasteiger partial charge in [-0.05, 0) is 18.2 Å². The Morgan fingerprint density at radius 3 is 2.48 bits per heavy atom. The summed E-state index contributed by atoms with van der Waals surface area (Å²) in [6.45, 7) is 4.78. The van der Waals surface area contributed by atoms with Gasteiger partial charge in [-0.25, -0.2) is 4.98 Å². The Kier molecular flexibility index (Phi) is 4.58. The number of rotatable bonds is 3. The predicted molar refractivity (Wildman–Crippen MR) is 86.0 cm³/mol. The van der Waals surface area contributed by atoms with Crippen molar-refractivity contribution in [3.8, 4) is 0 Å². The topological polar surface area (TPSA) is 32.3 Å². The zero-order chi connectivity index (χ0) is 14.7. The van der Waals surface area contributed by atoms with Crippen LogP contribution in [-0.2, 0) is 6.54 Å². The van der Waals surface area contributed by atoms with Crippen molar-refractivity contribution in [1.29, 1.82) is 0 Å². The Balaban J connectivity index is 1.56. The van der Waals surface area contributed by atoms with Crippen molar-refractivity contribution in [3.63, 3.8) is 0 Å². The second-order valence-corrected chi connectivity index (χ2v) is 5.90. The number of nitrogens with zero attached hydrogens (tertiary/aromatic N) is 4. The van der Waals surface area contributed by atoms with E-state index in [0.29, 0.717) is 5.15 Å². The number of anilines is 1. The molecule has 0 bridgehead atoms. The highest BCUT2D eigenvalue weighted by molar-refractivity contribution is 6.30. The minimum absolute atomic E-state index is 0.435. The van der Waals surface area contributed by atoms with E-state index in [1.807, 2.05) is 18.2 Å². The molecule has 0 amide bonds. The quantitative estimate of drug-likeness (QED) is 0.869. The van der Waals surface area contributed by atoms with Crippen LogP contribution in [0.1, 0.15) is 5.69 Å². The van der Waals surface area contributed by atoms with Crippen molar-refractivity contribution in [3.05, 3.63) is 52.5 Å². The molecule has 1 aromatic carbocycles. The third kappa shape index (κ3) is 3.84. The van der Waals surface area contributed by atoms with Gasteiger partial charge in [0.1, 0.15) is 5.15 Å². The molecule has 1 fully saturated rings. The molecule has 6 heteroatoms. The van der Waals surface area contributed by atoms with Crippen LogP contribution in [0, 0.1) is 0 Å². The standard InChI is InChI=1S/C15H16Cl2N4/c16-12-2-1-3-14(8-12)21-6-4-20(5-7-21)11-13-9-19-15(17)10-18-13/h1-3,8-10H,4-7,11H2. The molecular formula is C15H16Cl2N4. The molecule has 0 radical (unpaired) electrons. The zero-order valence-corrected chi connectivity index (χ0v) is 13.1. The van der Waals surface area contributed by atoms with Gasteiger partial charge in [-0.1, -0.05) is 29.3 Å². The second-order valence-electron chi connectivity index (χ2n) is 5.07. The van der Waals surface area contributed by atoms with Crippen LogP contribution in [0.5, 0.6) is 0 Å². The zero-order valence-electron chi connectivity index (χ0n) is 11.5. The number of hydrogen-bond donors (Lipinski definition) is 0. The van der Waals surface area contributed by atoms with Crippen LogP contribution in [0.25, 0.3) is 0 Å². The average Bonchev–Trinajstić information content (AvgIpc) is 2.50. The maximum absolute atomic E-state index is 6.05. The van der Waals surface area contributed by atoms with Crippen LogP contribution < -0.4 is 4.90 Å². The third-order valence-corrected chi connectivity index (χ3v) is 4.04. The molecule has 0 saturated carbocycles. The molecule has 1 saturated heterocycles. The molecule has 0 unspecified atom stereocenters. The van der Waals surface area contributed by atoms with Crippen LogP contribution in [0.4, 0.5) is 5.69 Å². The SMILES string of the molecule is Clc1cccc(N2CCN(Cc3cnc(Cl)cn3)CC2)c1. The van der Waals surface area contributed by atoms with Gasteiger partial charge in [-0.15, -0.1) is 0 Å². The minimum Gasteiger partial charge on any atom is -0.369 e. The summed E-state index contributed by atoms with van der Waals surface area (Å²) >= 11 is 11.8. The van der Waals surface area contributed by atoms with Crippen LogP contribution in [0.15, 0.2) is 36.7 Å². The van der Waals surface area contributed by atoms with Crippen molar-refractivity contribution < 1.29 is 0 Å². The van der Waals surface area contributed by atoms with E-state index < -0.39 is 0 Å². The summed E-state index contributed by atoms with van der Waals surface area (Å²) in [7, 11) is 0. The first-order chi connectivity index (χ1) is 10.2. The molecule has 2 heterocycles. The van der Waals surface area contributed by atoms with Crippen molar-refractivity contribution in [2.24, 2.45) is 0 Å². The normalized spacial score (nSPS) is 16.2. The fraction of sp³-hybridized carbons (Fsp3) is 0.333. The predicted octanol–water partition coefficient (Wildman–Crippen LogP) is 3.11.